The Kier molecular flexibility index (Phi) is 5.10. The van der Waals surface area contributed by atoms with E-state index in [1.807, 2.05) is 12.4 Å². The van der Waals surface area contributed by atoms with E-state index < -0.39 is 0 Å². The van der Waals surface area contributed by atoms with Crippen molar-refractivity contribution in [2.75, 3.05) is 38.2 Å². The van der Waals surface area contributed by atoms with Gasteiger partial charge < -0.3 is 14.9 Å². The average molecular weight is 264 g/mol. The van der Waals surface area contributed by atoms with Gasteiger partial charge in [-0.05, 0) is 31.9 Å². The monoisotopic (exact) mass is 264 g/mol. The number of aromatic nitrogens is 2. The molecule has 1 aromatic heterocycles. The quantitative estimate of drug-likeness (QED) is 0.857. The number of piperidine rings is 1. The van der Waals surface area contributed by atoms with E-state index in [0.717, 1.165) is 44.8 Å². The molecule has 0 amide bonds. The second-order valence-electron chi connectivity index (χ2n) is 5.17. The molecule has 1 aliphatic rings. The van der Waals surface area contributed by atoms with Gasteiger partial charge in [0.2, 0.25) is 5.95 Å². The Balaban J connectivity index is 1.88. The van der Waals surface area contributed by atoms with E-state index in [1.165, 1.54) is 5.56 Å². The number of hydrogen-bond acceptors (Lipinski definition) is 5. The second kappa shape index (κ2) is 6.82. The van der Waals surface area contributed by atoms with E-state index in [9.17, 15) is 0 Å². The third kappa shape index (κ3) is 3.64. The van der Waals surface area contributed by atoms with Crippen LogP contribution in [-0.4, -0.2) is 59.3 Å². The van der Waals surface area contributed by atoms with Crippen LogP contribution in [0.4, 0.5) is 5.95 Å². The summed E-state index contributed by atoms with van der Waals surface area (Å²) in [6.07, 6.45) is 7.04. The van der Waals surface area contributed by atoms with E-state index in [2.05, 4.69) is 33.7 Å². The lowest BCUT2D eigenvalue weighted by Gasteiger charge is -2.36. The van der Waals surface area contributed by atoms with Gasteiger partial charge in [-0.2, -0.15) is 0 Å². The van der Waals surface area contributed by atoms with Crippen LogP contribution in [0.1, 0.15) is 25.3 Å². The highest BCUT2D eigenvalue weighted by atomic mass is 16.3. The third-order valence-electron chi connectivity index (χ3n) is 3.92. The van der Waals surface area contributed by atoms with Gasteiger partial charge in [0, 0.05) is 38.1 Å². The van der Waals surface area contributed by atoms with Gasteiger partial charge in [0.15, 0.2) is 0 Å². The fraction of sp³-hybridized carbons (Fsp3) is 0.714. The van der Waals surface area contributed by atoms with Crippen molar-refractivity contribution in [2.24, 2.45) is 0 Å². The molecular formula is C14H24N4O. The van der Waals surface area contributed by atoms with Gasteiger partial charge in [0.05, 0.1) is 6.61 Å². The summed E-state index contributed by atoms with van der Waals surface area (Å²) in [5.41, 5.74) is 1.18. The van der Waals surface area contributed by atoms with Crippen molar-refractivity contribution in [3.8, 4) is 0 Å². The number of anilines is 1. The Morgan fingerprint density at radius 1 is 1.32 bits per heavy atom. The Morgan fingerprint density at radius 3 is 2.47 bits per heavy atom. The number of nitrogens with zero attached hydrogens (tertiary/aromatic N) is 4. The van der Waals surface area contributed by atoms with E-state index >= 15 is 0 Å². The van der Waals surface area contributed by atoms with E-state index in [1.54, 1.807) is 0 Å². The minimum atomic E-state index is 0.234. The maximum absolute atomic E-state index is 8.97. The number of aryl methyl sites for hydroxylation is 1. The van der Waals surface area contributed by atoms with Crippen LogP contribution in [0.5, 0.6) is 0 Å². The summed E-state index contributed by atoms with van der Waals surface area (Å²) in [4.78, 5) is 13.4. The molecule has 106 valence electrons. The van der Waals surface area contributed by atoms with Gasteiger partial charge in [-0.1, -0.05) is 6.92 Å². The molecule has 0 saturated carbocycles. The molecule has 5 heteroatoms. The molecule has 1 saturated heterocycles. The molecule has 0 aromatic carbocycles. The normalized spacial score (nSPS) is 17.2. The number of rotatable bonds is 5. The lowest BCUT2D eigenvalue weighted by atomic mass is 10.0. The van der Waals surface area contributed by atoms with E-state index in [0.29, 0.717) is 6.04 Å². The van der Waals surface area contributed by atoms with Crippen molar-refractivity contribution < 1.29 is 5.11 Å². The highest BCUT2D eigenvalue weighted by molar-refractivity contribution is 5.30. The molecular weight excluding hydrogens is 240 g/mol. The first-order chi connectivity index (χ1) is 9.24. The van der Waals surface area contributed by atoms with Crippen molar-refractivity contribution in [1.82, 2.24) is 14.9 Å². The predicted molar refractivity (Wildman–Crippen MR) is 76.4 cm³/mol. The SMILES string of the molecule is CCc1cnc(N2CCC(N(C)CCO)CC2)nc1. The zero-order valence-corrected chi connectivity index (χ0v) is 11.9. The smallest absolute Gasteiger partial charge is 0.225 e. The molecule has 19 heavy (non-hydrogen) atoms. The molecule has 2 rings (SSSR count). The maximum atomic E-state index is 8.97. The fourth-order valence-corrected chi connectivity index (χ4v) is 2.54. The summed E-state index contributed by atoms with van der Waals surface area (Å²) >= 11 is 0. The summed E-state index contributed by atoms with van der Waals surface area (Å²) in [6, 6.07) is 0.568. The first-order valence-corrected chi connectivity index (χ1v) is 7.11. The molecule has 0 bridgehead atoms. The Labute approximate surface area is 115 Å². The lowest BCUT2D eigenvalue weighted by Crippen LogP contribution is -2.44. The molecule has 1 fully saturated rings. The summed E-state index contributed by atoms with van der Waals surface area (Å²) in [7, 11) is 2.09. The van der Waals surface area contributed by atoms with Crippen molar-refractivity contribution in [3.63, 3.8) is 0 Å². The number of aliphatic hydroxyl groups excluding tert-OH is 1. The number of aliphatic hydroxyl groups is 1. The van der Waals surface area contributed by atoms with Crippen molar-refractivity contribution in [2.45, 2.75) is 32.2 Å². The molecule has 2 heterocycles. The number of likely N-dealkylation sites (N-methyl/N-ethyl adjacent to an activating group) is 1. The minimum absolute atomic E-state index is 0.234. The molecule has 0 unspecified atom stereocenters. The summed E-state index contributed by atoms with van der Waals surface area (Å²) in [5, 5.41) is 8.97. The van der Waals surface area contributed by atoms with Gasteiger partial charge in [-0.3, -0.25) is 0 Å². The second-order valence-corrected chi connectivity index (χ2v) is 5.17. The third-order valence-corrected chi connectivity index (χ3v) is 3.92. The van der Waals surface area contributed by atoms with Crippen molar-refractivity contribution >= 4 is 5.95 Å². The average Bonchev–Trinajstić information content (AvgIpc) is 2.48. The van der Waals surface area contributed by atoms with Gasteiger partial charge in [-0.15, -0.1) is 0 Å². The Bertz CT molecular complexity index is 374. The van der Waals surface area contributed by atoms with Crippen LogP contribution in [-0.2, 0) is 6.42 Å². The molecule has 1 N–H and O–H groups in total. The largest absolute Gasteiger partial charge is 0.395 e. The highest BCUT2D eigenvalue weighted by Crippen LogP contribution is 2.18. The Hall–Kier alpha value is -1.20. The fourth-order valence-electron chi connectivity index (χ4n) is 2.54. The summed E-state index contributed by atoms with van der Waals surface area (Å²) < 4.78 is 0. The summed E-state index contributed by atoms with van der Waals surface area (Å²) in [6.45, 7) is 5.09. The van der Waals surface area contributed by atoms with Gasteiger partial charge in [0.25, 0.3) is 0 Å². The van der Waals surface area contributed by atoms with Crippen LogP contribution in [0.15, 0.2) is 12.4 Å². The zero-order valence-electron chi connectivity index (χ0n) is 11.9. The zero-order chi connectivity index (χ0) is 13.7. The van der Waals surface area contributed by atoms with Gasteiger partial charge in [0.1, 0.15) is 0 Å². The predicted octanol–water partition coefficient (Wildman–Crippen LogP) is 0.932. The Morgan fingerprint density at radius 2 is 1.95 bits per heavy atom. The van der Waals surface area contributed by atoms with Gasteiger partial charge in [-0.25, -0.2) is 9.97 Å². The van der Waals surface area contributed by atoms with Crippen LogP contribution >= 0.6 is 0 Å². The molecule has 5 nitrogen and oxygen atoms in total. The lowest BCUT2D eigenvalue weighted by molar-refractivity contribution is 0.161. The summed E-state index contributed by atoms with van der Waals surface area (Å²) in [5.74, 6) is 0.848. The molecule has 1 aromatic rings. The van der Waals surface area contributed by atoms with Crippen LogP contribution in [0, 0.1) is 0 Å². The first-order valence-electron chi connectivity index (χ1n) is 7.11. The van der Waals surface area contributed by atoms with E-state index in [4.69, 9.17) is 5.11 Å². The molecule has 0 spiro atoms. The molecule has 1 aliphatic heterocycles. The van der Waals surface area contributed by atoms with Crippen LogP contribution in [0.3, 0.4) is 0 Å². The van der Waals surface area contributed by atoms with Crippen molar-refractivity contribution in [1.29, 1.82) is 0 Å². The first kappa shape index (κ1) is 14.2. The standard InChI is InChI=1S/C14H24N4O/c1-3-12-10-15-14(16-11-12)18-6-4-13(5-7-18)17(2)8-9-19/h10-11,13,19H,3-9H2,1-2H3. The van der Waals surface area contributed by atoms with Gasteiger partial charge >= 0.3 is 0 Å². The van der Waals surface area contributed by atoms with Crippen LogP contribution < -0.4 is 4.90 Å². The topological polar surface area (TPSA) is 52.5 Å². The van der Waals surface area contributed by atoms with Crippen molar-refractivity contribution in [3.05, 3.63) is 18.0 Å². The van der Waals surface area contributed by atoms with Crippen LogP contribution in [0.25, 0.3) is 0 Å². The van der Waals surface area contributed by atoms with E-state index in [-0.39, 0.29) is 6.61 Å². The maximum Gasteiger partial charge on any atom is 0.225 e. The molecule has 0 atom stereocenters. The molecule has 0 radical (unpaired) electrons. The van der Waals surface area contributed by atoms with Crippen LogP contribution in [0.2, 0.25) is 0 Å². The number of hydrogen-bond donors (Lipinski definition) is 1. The highest BCUT2D eigenvalue weighted by Gasteiger charge is 2.23. The minimum Gasteiger partial charge on any atom is -0.395 e. The molecule has 0 aliphatic carbocycles.